The smallest absolute Gasteiger partial charge is 0.339 e. The molecule has 0 aromatic heterocycles. The van der Waals surface area contributed by atoms with Crippen LogP contribution in [0.25, 0.3) is 0 Å². The molecule has 0 saturated carbocycles. The molecule has 2 rings (SSSR count). The molecule has 24 heavy (non-hydrogen) atoms. The molecule has 0 aliphatic carbocycles. The fourth-order valence-corrected chi connectivity index (χ4v) is 3.58. The summed E-state index contributed by atoms with van der Waals surface area (Å²) < 4.78 is 5.67. The summed E-state index contributed by atoms with van der Waals surface area (Å²) in [6.45, 7) is 15.7. The van der Waals surface area contributed by atoms with Crippen LogP contribution in [0.1, 0.15) is 47.8 Å². The first-order chi connectivity index (χ1) is 11.2. The Morgan fingerprint density at radius 2 is 1.67 bits per heavy atom. The van der Waals surface area contributed by atoms with Gasteiger partial charge in [0.15, 0.2) is 0 Å². The molecule has 0 atom stereocenters. The molecule has 1 aromatic rings. The minimum atomic E-state index is -0.504. The van der Waals surface area contributed by atoms with Crippen molar-refractivity contribution in [3.8, 4) is 0 Å². The van der Waals surface area contributed by atoms with E-state index in [0.717, 1.165) is 48.7 Å². The zero-order chi connectivity index (χ0) is 18.1. The number of hydrogen-bond donors (Lipinski definition) is 2. The normalized spacial score (nSPS) is 15.4. The largest absolute Gasteiger partial charge is 0.456 e. The average molecular weight is 333 g/mol. The van der Waals surface area contributed by atoms with Crippen LogP contribution in [0, 0.1) is 20.8 Å². The first kappa shape index (κ1) is 18.6. The lowest BCUT2D eigenvalue weighted by molar-refractivity contribution is 0.00681. The van der Waals surface area contributed by atoms with Crippen molar-refractivity contribution in [2.24, 2.45) is 0 Å². The van der Waals surface area contributed by atoms with Gasteiger partial charge in [0.1, 0.15) is 5.60 Å². The summed E-state index contributed by atoms with van der Waals surface area (Å²) in [5.41, 5.74) is 5.54. The second-order valence-electron chi connectivity index (χ2n) is 7.46. The summed E-state index contributed by atoms with van der Waals surface area (Å²) in [7, 11) is 1.91. The van der Waals surface area contributed by atoms with Crippen LogP contribution in [-0.2, 0) is 4.74 Å². The van der Waals surface area contributed by atoms with Crippen molar-refractivity contribution in [1.82, 2.24) is 5.32 Å². The molecular weight excluding hydrogens is 302 g/mol. The number of nitrogens with zero attached hydrogens (tertiary/aromatic N) is 1. The van der Waals surface area contributed by atoms with Crippen molar-refractivity contribution in [3.63, 3.8) is 0 Å². The summed E-state index contributed by atoms with van der Waals surface area (Å²) in [6, 6.07) is 0. The maximum atomic E-state index is 12.8. The van der Waals surface area contributed by atoms with E-state index >= 15 is 0 Å². The second kappa shape index (κ2) is 7.01. The topological polar surface area (TPSA) is 53.6 Å². The minimum absolute atomic E-state index is 0.245. The van der Waals surface area contributed by atoms with Gasteiger partial charge in [0.05, 0.1) is 5.56 Å². The highest BCUT2D eigenvalue weighted by molar-refractivity contribution is 5.98. The number of piperazine rings is 1. The molecule has 0 unspecified atom stereocenters. The van der Waals surface area contributed by atoms with Crippen LogP contribution >= 0.6 is 0 Å². The molecule has 2 N–H and O–H groups in total. The van der Waals surface area contributed by atoms with Gasteiger partial charge in [0.2, 0.25) is 0 Å². The summed E-state index contributed by atoms with van der Waals surface area (Å²) in [6.07, 6.45) is 0. The molecule has 5 heteroatoms. The predicted octanol–water partition coefficient (Wildman–Crippen LogP) is 3.02. The third kappa shape index (κ3) is 3.66. The highest BCUT2D eigenvalue weighted by atomic mass is 16.6. The maximum Gasteiger partial charge on any atom is 0.339 e. The predicted molar refractivity (Wildman–Crippen MR) is 100 cm³/mol. The number of anilines is 2. The van der Waals surface area contributed by atoms with Crippen LogP contribution < -0.4 is 15.5 Å². The van der Waals surface area contributed by atoms with E-state index in [2.05, 4.69) is 22.5 Å². The molecule has 1 aliphatic heterocycles. The molecule has 0 bridgehead atoms. The highest BCUT2D eigenvalue weighted by Gasteiger charge is 2.27. The summed E-state index contributed by atoms with van der Waals surface area (Å²) in [4.78, 5) is 15.2. The van der Waals surface area contributed by atoms with Gasteiger partial charge in [-0.1, -0.05) is 0 Å². The Hall–Kier alpha value is -1.75. The molecule has 0 spiro atoms. The number of benzene rings is 1. The Morgan fingerprint density at radius 3 is 2.17 bits per heavy atom. The first-order valence-electron chi connectivity index (χ1n) is 8.68. The number of carbonyl (C=O) groups is 1. The quantitative estimate of drug-likeness (QED) is 0.833. The van der Waals surface area contributed by atoms with Gasteiger partial charge in [-0.3, -0.25) is 0 Å². The van der Waals surface area contributed by atoms with Crippen LogP contribution in [0.2, 0.25) is 0 Å². The monoisotopic (exact) mass is 333 g/mol. The van der Waals surface area contributed by atoms with Crippen LogP contribution in [0.5, 0.6) is 0 Å². The second-order valence-corrected chi connectivity index (χ2v) is 7.46. The van der Waals surface area contributed by atoms with Crippen LogP contribution in [0.15, 0.2) is 0 Å². The van der Waals surface area contributed by atoms with Crippen LogP contribution in [0.4, 0.5) is 11.4 Å². The van der Waals surface area contributed by atoms with Gasteiger partial charge >= 0.3 is 5.97 Å². The van der Waals surface area contributed by atoms with E-state index in [0.29, 0.717) is 5.56 Å². The molecule has 0 amide bonds. The zero-order valence-electron chi connectivity index (χ0n) is 16.1. The van der Waals surface area contributed by atoms with Gasteiger partial charge < -0.3 is 20.3 Å². The van der Waals surface area contributed by atoms with Crippen molar-refractivity contribution in [3.05, 3.63) is 22.3 Å². The Morgan fingerprint density at radius 1 is 1.08 bits per heavy atom. The number of rotatable bonds is 3. The molecule has 1 aliphatic rings. The molecule has 1 fully saturated rings. The van der Waals surface area contributed by atoms with Gasteiger partial charge in [-0.2, -0.15) is 0 Å². The van der Waals surface area contributed by atoms with Crippen molar-refractivity contribution in [1.29, 1.82) is 0 Å². The van der Waals surface area contributed by atoms with Crippen LogP contribution in [-0.4, -0.2) is 44.8 Å². The van der Waals surface area contributed by atoms with E-state index < -0.39 is 5.60 Å². The van der Waals surface area contributed by atoms with E-state index in [1.807, 2.05) is 41.7 Å². The van der Waals surface area contributed by atoms with Gasteiger partial charge in [-0.25, -0.2) is 4.79 Å². The van der Waals surface area contributed by atoms with Crippen molar-refractivity contribution < 1.29 is 9.53 Å². The first-order valence-corrected chi connectivity index (χ1v) is 8.68. The fraction of sp³-hybridized carbons (Fsp3) is 0.632. The van der Waals surface area contributed by atoms with Gasteiger partial charge in [0.25, 0.3) is 0 Å². The number of ether oxygens (including phenoxy) is 1. The lowest BCUT2D eigenvalue weighted by Crippen LogP contribution is -2.44. The third-order valence-corrected chi connectivity index (χ3v) is 4.50. The van der Waals surface area contributed by atoms with Crippen molar-refractivity contribution in [2.45, 2.75) is 47.1 Å². The van der Waals surface area contributed by atoms with Crippen molar-refractivity contribution in [2.75, 3.05) is 43.4 Å². The lowest BCUT2D eigenvalue weighted by atomic mass is 9.93. The van der Waals surface area contributed by atoms with E-state index in [4.69, 9.17) is 4.74 Å². The summed E-state index contributed by atoms with van der Waals surface area (Å²) in [5.74, 6) is -0.245. The van der Waals surface area contributed by atoms with Crippen molar-refractivity contribution >= 4 is 17.3 Å². The molecule has 5 nitrogen and oxygen atoms in total. The molecule has 0 radical (unpaired) electrons. The van der Waals surface area contributed by atoms with E-state index in [1.54, 1.807) is 0 Å². The third-order valence-electron chi connectivity index (χ3n) is 4.50. The highest BCUT2D eigenvalue weighted by Crippen LogP contribution is 2.37. The van der Waals surface area contributed by atoms with E-state index in [9.17, 15) is 4.79 Å². The number of esters is 1. The average Bonchev–Trinajstić information content (AvgIpc) is 2.46. The Kier molecular flexibility index (Phi) is 5.43. The SMILES string of the molecule is CNc1c(C)c(C(=O)OC(C)(C)C)c(C)c(N2CCNCC2)c1C. The maximum absolute atomic E-state index is 12.8. The summed E-state index contributed by atoms with van der Waals surface area (Å²) in [5, 5.41) is 6.66. The number of hydrogen-bond acceptors (Lipinski definition) is 5. The Labute approximate surface area is 145 Å². The van der Waals surface area contributed by atoms with Gasteiger partial charge in [-0.15, -0.1) is 0 Å². The van der Waals surface area contributed by atoms with E-state index in [-0.39, 0.29) is 5.97 Å². The van der Waals surface area contributed by atoms with E-state index in [1.165, 1.54) is 5.56 Å². The Balaban J connectivity index is 2.59. The van der Waals surface area contributed by atoms with Gasteiger partial charge in [-0.05, 0) is 58.2 Å². The fourth-order valence-electron chi connectivity index (χ4n) is 3.58. The molecule has 1 saturated heterocycles. The lowest BCUT2D eigenvalue weighted by Gasteiger charge is -2.34. The zero-order valence-corrected chi connectivity index (χ0v) is 16.1. The van der Waals surface area contributed by atoms with Crippen LogP contribution in [0.3, 0.4) is 0 Å². The number of carbonyl (C=O) groups excluding carboxylic acids is 1. The Bertz CT molecular complexity index is 627. The molecule has 134 valence electrons. The molecule has 1 aromatic carbocycles. The summed E-state index contributed by atoms with van der Waals surface area (Å²) >= 11 is 0. The molecular formula is C19H31N3O2. The number of nitrogens with one attached hydrogen (secondary N) is 2. The molecule has 1 heterocycles. The minimum Gasteiger partial charge on any atom is -0.456 e. The standard InChI is InChI=1S/C19H31N3O2/c1-12-15(18(23)24-19(4,5)6)13(2)17(14(3)16(12)20-7)22-10-8-21-9-11-22/h20-21H,8-11H2,1-7H3. The van der Waals surface area contributed by atoms with Gasteiger partial charge in [0, 0.05) is 44.6 Å².